The lowest BCUT2D eigenvalue weighted by atomic mass is 9.96. The number of benzene rings is 1. The van der Waals surface area contributed by atoms with Crippen molar-refractivity contribution in [3.63, 3.8) is 0 Å². The molecule has 1 aromatic rings. The molecule has 0 aromatic heterocycles. The van der Waals surface area contributed by atoms with E-state index < -0.39 is 29.2 Å². The highest BCUT2D eigenvalue weighted by molar-refractivity contribution is 5.68. The van der Waals surface area contributed by atoms with Crippen LogP contribution in [0.25, 0.3) is 0 Å². The van der Waals surface area contributed by atoms with Crippen molar-refractivity contribution in [2.24, 2.45) is 0 Å². The van der Waals surface area contributed by atoms with Crippen molar-refractivity contribution >= 4 is 5.97 Å². The van der Waals surface area contributed by atoms with Gasteiger partial charge in [0.05, 0.1) is 6.42 Å². The van der Waals surface area contributed by atoms with Gasteiger partial charge in [-0.2, -0.15) is 4.39 Å². The lowest BCUT2D eigenvalue weighted by molar-refractivity contribution is -0.137. The molecular weight excluding hydrogens is 203 g/mol. The molecule has 0 saturated heterocycles. The van der Waals surface area contributed by atoms with Crippen LogP contribution in [-0.4, -0.2) is 21.3 Å². The normalized spacial score (nSPS) is 12.4. The first-order valence-electron chi connectivity index (χ1n) is 4.35. The topological polar surface area (TPSA) is 77.8 Å². The van der Waals surface area contributed by atoms with E-state index in [1.54, 1.807) is 6.92 Å². The van der Waals surface area contributed by atoms with Crippen LogP contribution in [0.15, 0.2) is 12.1 Å². The van der Waals surface area contributed by atoms with Crippen LogP contribution >= 0.6 is 0 Å². The van der Waals surface area contributed by atoms with E-state index in [9.17, 15) is 14.3 Å². The van der Waals surface area contributed by atoms with Crippen LogP contribution in [0, 0.1) is 5.82 Å². The van der Waals surface area contributed by atoms with E-state index in [0.717, 1.165) is 6.07 Å². The third-order valence-electron chi connectivity index (χ3n) is 2.14. The Kier molecular flexibility index (Phi) is 3.14. The first kappa shape index (κ1) is 11.3. The van der Waals surface area contributed by atoms with Gasteiger partial charge in [-0.25, -0.2) is 0 Å². The first-order chi connectivity index (χ1) is 6.93. The molecule has 0 amide bonds. The van der Waals surface area contributed by atoms with Crippen LogP contribution in [0.5, 0.6) is 11.5 Å². The summed E-state index contributed by atoms with van der Waals surface area (Å²) in [5.74, 6) is -4.01. The monoisotopic (exact) mass is 214 g/mol. The van der Waals surface area contributed by atoms with E-state index >= 15 is 0 Å². The zero-order valence-electron chi connectivity index (χ0n) is 8.07. The SMILES string of the molecule is CC(CC(=O)O)c1ccc(O)c(F)c1O. The summed E-state index contributed by atoms with van der Waals surface area (Å²) in [7, 11) is 0. The van der Waals surface area contributed by atoms with E-state index in [-0.39, 0.29) is 12.0 Å². The van der Waals surface area contributed by atoms with Gasteiger partial charge >= 0.3 is 5.97 Å². The molecule has 82 valence electrons. The number of phenols is 2. The summed E-state index contributed by atoms with van der Waals surface area (Å²) in [6.07, 6.45) is -0.211. The van der Waals surface area contributed by atoms with E-state index in [1.807, 2.05) is 0 Å². The second-order valence-electron chi connectivity index (χ2n) is 3.34. The average molecular weight is 214 g/mol. The van der Waals surface area contributed by atoms with Crippen molar-refractivity contribution in [1.29, 1.82) is 0 Å². The quantitative estimate of drug-likeness (QED) is 0.717. The second-order valence-corrected chi connectivity index (χ2v) is 3.34. The third kappa shape index (κ3) is 2.37. The van der Waals surface area contributed by atoms with Gasteiger partial charge in [0, 0.05) is 5.56 Å². The molecule has 0 heterocycles. The summed E-state index contributed by atoms with van der Waals surface area (Å²) < 4.78 is 13.0. The summed E-state index contributed by atoms with van der Waals surface area (Å²) in [6.45, 7) is 1.56. The zero-order chi connectivity index (χ0) is 11.6. The van der Waals surface area contributed by atoms with Gasteiger partial charge in [-0.15, -0.1) is 0 Å². The average Bonchev–Trinajstić information content (AvgIpc) is 2.13. The second kappa shape index (κ2) is 4.16. The van der Waals surface area contributed by atoms with Gasteiger partial charge in [0.25, 0.3) is 0 Å². The maximum Gasteiger partial charge on any atom is 0.303 e. The maximum atomic E-state index is 13.0. The minimum absolute atomic E-state index is 0.174. The van der Waals surface area contributed by atoms with Crippen LogP contribution in [0.1, 0.15) is 24.8 Å². The number of phenolic OH excluding ortho intramolecular Hbond substituents is 2. The number of aromatic hydroxyl groups is 2. The van der Waals surface area contributed by atoms with Crippen molar-refractivity contribution in [2.75, 3.05) is 0 Å². The van der Waals surface area contributed by atoms with Crippen LogP contribution in [0.4, 0.5) is 4.39 Å². The van der Waals surface area contributed by atoms with Crippen LogP contribution in [-0.2, 0) is 4.79 Å². The number of hydrogen-bond acceptors (Lipinski definition) is 3. The molecular formula is C10H11FO4. The predicted octanol–water partition coefficient (Wildman–Crippen LogP) is 1.82. The molecule has 0 spiro atoms. The molecule has 1 rings (SSSR count). The molecule has 0 fully saturated rings. The van der Waals surface area contributed by atoms with Gasteiger partial charge < -0.3 is 15.3 Å². The van der Waals surface area contributed by atoms with Crippen molar-refractivity contribution in [1.82, 2.24) is 0 Å². The van der Waals surface area contributed by atoms with E-state index in [2.05, 4.69) is 0 Å². The van der Waals surface area contributed by atoms with Gasteiger partial charge in [0.15, 0.2) is 11.5 Å². The summed E-state index contributed by atoms with van der Waals surface area (Å²) >= 11 is 0. The maximum absolute atomic E-state index is 13.0. The fraction of sp³-hybridized carbons (Fsp3) is 0.300. The fourth-order valence-corrected chi connectivity index (χ4v) is 1.34. The van der Waals surface area contributed by atoms with Crippen LogP contribution in [0.2, 0.25) is 0 Å². The summed E-state index contributed by atoms with van der Waals surface area (Å²) in [5, 5.41) is 26.8. The Morgan fingerprint density at radius 1 is 1.47 bits per heavy atom. The summed E-state index contributed by atoms with van der Waals surface area (Å²) in [5.41, 5.74) is 0.174. The Morgan fingerprint density at radius 2 is 2.07 bits per heavy atom. The molecule has 5 heteroatoms. The van der Waals surface area contributed by atoms with Crippen molar-refractivity contribution in [3.05, 3.63) is 23.5 Å². The van der Waals surface area contributed by atoms with E-state index in [4.69, 9.17) is 10.2 Å². The fourth-order valence-electron chi connectivity index (χ4n) is 1.34. The number of hydrogen-bond donors (Lipinski definition) is 3. The minimum Gasteiger partial charge on any atom is -0.505 e. The van der Waals surface area contributed by atoms with Crippen LogP contribution < -0.4 is 0 Å². The molecule has 15 heavy (non-hydrogen) atoms. The number of carbonyl (C=O) groups is 1. The molecule has 0 radical (unpaired) electrons. The molecule has 0 aliphatic rings. The van der Waals surface area contributed by atoms with Gasteiger partial charge in [-0.3, -0.25) is 4.79 Å². The number of rotatable bonds is 3. The zero-order valence-corrected chi connectivity index (χ0v) is 8.07. The van der Waals surface area contributed by atoms with Gasteiger partial charge in [-0.1, -0.05) is 13.0 Å². The third-order valence-corrected chi connectivity index (χ3v) is 2.14. The number of halogens is 1. The number of aliphatic carboxylic acids is 1. The smallest absolute Gasteiger partial charge is 0.303 e. The Balaban J connectivity index is 3.05. The number of carboxylic acids is 1. The predicted molar refractivity (Wildman–Crippen MR) is 50.4 cm³/mol. The van der Waals surface area contributed by atoms with E-state index in [1.165, 1.54) is 6.07 Å². The Labute approximate surface area is 85.6 Å². The highest BCUT2D eigenvalue weighted by atomic mass is 19.1. The van der Waals surface area contributed by atoms with Crippen molar-refractivity contribution in [2.45, 2.75) is 19.3 Å². The molecule has 0 aliphatic heterocycles. The minimum atomic E-state index is -1.12. The number of carboxylic acid groups (broad SMARTS) is 1. The molecule has 1 unspecified atom stereocenters. The largest absolute Gasteiger partial charge is 0.505 e. The molecule has 3 N–H and O–H groups in total. The molecule has 0 saturated carbocycles. The lowest BCUT2D eigenvalue weighted by Gasteiger charge is -2.12. The van der Waals surface area contributed by atoms with Gasteiger partial charge in [0.1, 0.15) is 0 Å². The van der Waals surface area contributed by atoms with Crippen molar-refractivity contribution < 1.29 is 24.5 Å². The Hall–Kier alpha value is -1.78. The summed E-state index contributed by atoms with van der Waals surface area (Å²) in [4.78, 5) is 10.4. The highest BCUT2D eigenvalue weighted by Crippen LogP contribution is 2.34. The molecule has 1 aromatic carbocycles. The Morgan fingerprint density at radius 3 is 2.60 bits per heavy atom. The van der Waals surface area contributed by atoms with E-state index in [0.29, 0.717) is 0 Å². The van der Waals surface area contributed by atoms with Gasteiger partial charge in [-0.05, 0) is 12.0 Å². The highest BCUT2D eigenvalue weighted by Gasteiger charge is 2.18. The summed E-state index contributed by atoms with van der Waals surface area (Å²) in [6, 6.07) is 2.39. The standard InChI is InChI=1S/C10H11FO4/c1-5(4-8(13)14)6-2-3-7(12)9(11)10(6)15/h2-3,5,12,15H,4H2,1H3,(H,13,14). The molecule has 1 atom stereocenters. The first-order valence-corrected chi connectivity index (χ1v) is 4.35. The van der Waals surface area contributed by atoms with Gasteiger partial charge in [0.2, 0.25) is 5.82 Å². The molecule has 0 aliphatic carbocycles. The lowest BCUT2D eigenvalue weighted by Crippen LogP contribution is -2.03. The van der Waals surface area contributed by atoms with Crippen molar-refractivity contribution in [3.8, 4) is 11.5 Å². The van der Waals surface area contributed by atoms with Crippen LogP contribution in [0.3, 0.4) is 0 Å². The Bertz CT molecular complexity index is 389. The molecule has 4 nitrogen and oxygen atoms in total. The molecule has 0 bridgehead atoms.